The van der Waals surface area contributed by atoms with Gasteiger partial charge < -0.3 is 15.5 Å². The van der Waals surface area contributed by atoms with Gasteiger partial charge in [-0.05, 0) is 49.2 Å². The van der Waals surface area contributed by atoms with E-state index in [4.69, 9.17) is 0 Å². The number of nitrogens with one attached hydrogen (secondary N) is 2. The minimum atomic E-state index is -3.82. The van der Waals surface area contributed by atoms with Gasteiger partial charge in [0.1, 0.15) is 0 Å². The third-order valence-corrected chi connectivity index (χ3v) is 7.05. The van der Waals surface area contributed by atoms with Crippen molar-refractivity contribution in [2.75, 3.05) is 43.4 Å². The molecule has 0 fully saturated rings. The molecule has 1 aliphatic rings. The smallest absolute Gasteiger partial charge is 0.243 e. The number of fused-ring (bicyclic) bond motifs is 1. The Labute approximate surface area is 183 Å². The summed E-state index contributed by atoms with van der Waals surface area (Å²) >= 11 is 0. The molecule has 0 unspecified atom stereocenters. The maximum Gasteiger partial charge on any atom is 0.243 e. The number of aryl methyl sites for hydroxylation is 1. The van der Waals surface area contributed by atoms with E-state index >= 15 is 0 Å². The lowest BCUT2D eigenvalue weighted by Crippen LogP contribution is -2.41. The molecule has 0 bridgehead atoms. The van der Waals surface area contributed by atoms with Crippen LogP contribution in [0.2, 0.25) is 0 Å². The van der Waals surface area contributed by atoms with E-state index in [2.05, 4.69) is 15.5 Å². The van der Waals surface area contributed by atoms with Crippen LogP contribution in [0.5, 0.6) is 0 Å². The number of rotatable bonds is 9. The van der Waals surface area contributed by atoms with Crippen molar-refractivity contribution in [1.29, 1.82) is 0 Å². The van der Waals surface area contributed by atoms with Crippen LogP contribution in [0.15, 0.2) is 53.4 Å². The van der Waals surface area contributed by atoms with E-state index < -0.39 is 10.0 Å². The summed E-state index contributed by atoms with van der Waals surface area (Å²) < 4.78 is 26.8. The molecule has 2 amide bonds. The number of hydrogen-bond acceptors (Lipinski definition) is 5. The Morgan fingerprint density at radius 3 is 2.58 bits per heavy atom. The van der Waals surface area contributed by atoms with Crippen LogP contribution in [-0.4, -0.2) is 57.8 Å². The highest BCUT2D eigenvalue weighted by Gasteiger charge is 2.25. The van der Waals surface area contributed by atoms with Gasteiger partial charge in [0.2, 0.25) is 21.8 Å². The zero-order valence-corrected chi connectivity index (χ0v) is 18.6. The topological polar surface area (TPSA) is 98.8 Å². The maximum absolute atomic E-state index is 12.9. The minimum Gasteiger partial charge on any atom is -0.370 e. The fraction of sp³-hybridized carbons (Fsp3) is 0.364. The molecule has 3 rings (SSSR count). The molecule has 2 N–H and O–H groups in total. The van der Waals surface area contributed by atoms with Crippen LogP contribution in [0, 0.1) is 0 Å². The molecule has 8 nitrogen and oxygen atoms in total. The number of sulfonamides is 1. The maximum atomic E-state index is 12.9. The van der Waals surface area contributed by atoms with Crippen molar-refractivity contribution in [3.8, 4) is 0 Å². The molecular weight excluding hydrogens is 416 g/mol. The van der Waals surface area contributed by atoms with Gasteiger partial charge in [-0.15, -0.1) is 0 Å². The average molecular weight is 445 g/mol. The van der Waals surface area contributed by atoms with E-state index in [9.17, 15) is 18.0 Å². The Balaban J connectivity index is 1.55. The van der Waals surface area contributed by atoms with Crippen molar-refractivity contribution in [1.82, 2.24) is 9.62 Å². The van der Waals surface area contributed by atoms with Gasteiger partial charge in [0.15, 0.2) is 0 Å². The van der Waals surface area contributed by atoms with Gasteiger partial charge in [0.05, 0.1) is 11.4 Å². The molecule has 2 aromatic rings. The van der Waals surface area contributed by atoms with Crippen LogP contribution in [0.3, 0.4) is 0 Å². The summed E-state index contributed by atoms with van der Waals surface area (Å²) in [6.45, 7) is 3.60. The number of para-hydroxylation sites is 1. The molecule has 0 aromatic heterocycles. The van der Waals surface area contributed by atoms with Crippen molar-refractivity contribution >= 4 is 33.2 Å². The number of likely N-dealkylation sites (N-methyl/N-ethyl adjacent to an activating group) is 2. The number of carbonyl (C=O) groups is 2. The zero-order valence-electron chi connectivity index (χ0n) is 17.8. The van der Waals surface area contributed by atoms with E-state index in [1.165, 1.54) is 13.1 Å². The summed E-state index contributed by atoms with van der Waals surface area (Å²) in [5.74, 6) is -0.439. The summed E-state index contributed by atoms with van der Waals surface area (Å²) in [5.41, 5.74) is 2.48. The van der Waals surface area contributed by atoms with Gasteiger partial charge in [-0.2, -0.15) is 4.31 Å². The average Bonchev–Trinajstić information content (AvgIpc) is 2.76. The lowest BCUT2D eigenvalue weighted by Gasteiger charge is -2.23. The molecule has 0 saturated carbocycles. The third kappa shape index (κ3) is 5.62. The van der Waals surface area contributed by atoms with Crippen LogP contribution >= 0.6 is 0 Å². The highest BCUT2D eigenvalue weighted by molar-refractivity contribution is 7.89. The molecule has 166 valence electrons. The summed E-state index contributed by atoms with van der Waals surface area (Å²) in [5, 5.41) is 5.53. The predicted molar refractivity (Wildman–Crippen MR) is 121 cm³/mol. The predicted octanol–water partition coefficient (Wildman–Crippen LogP) is 1.83. The van der Waals surface area contributed by atoms with E-state index in [0.717, 1.165) is 22.1 Å². The van der Waals surface area contributed by atoms with E-state index in [-0.39, 0.29) is 23.3 Å². The second-order valence-electron chi connectivity index (χ2n) is 7.39. The second-order valence-corrected chi connectivity index (χ2v) is 9.44. The van der Waals surface area contributed by atoms with Gasteiger partial charge in [-0.25, -0.2) is 8.42 Å². The Morgan fingerprint density at radius 1 is 1.13 bits per heavy atom. The van der Waals surface area contributed by atoms with Crippen molar-refractivity contribution in [3.63, 3.8) is 0 Å². The first kappa shape index (κ1) is 22.8. The SMILES string of the molecule is CCN(CCNC(=O)CN(C)S(=O)(=O)c1ccc2c(c1)CCC(=O)N2)c1ccccc1. The lowest BCUT2D eigenvalue weighted by atomic mass is 10.0. The standard InChI is InChI=1S/C22H28N4O4S/c1-3-26(18-7-5-4-6-8-18)14-13-23-22(28)16-25(2)31(29,30)19-10-11-20-17(15-19)9-12-21(27)24-20/h4-8,10-11,15H,3,9,12-14,16H2,1-2H3,(H,23,28)(H,24,27). The first-order valence-electron chi connectivity index (χ1n) is 10.3. The van der Waals surface area contributed by atoms with Crippen molar-refractivity contribution in [3.05, 3.63) is 54.1 Å². The number of benzene rings is 2. The largest absolute Gasteiger partial charge is 0.370 e. The van der Waals surface area contributed by atoms with Crippen molar-refractivity contribution in [2.24, 2.45) is 0 Å². The zero-order chi connectivity index (χ0) is 22.4. The van der Waals surface area contributed by atoms with Gasteiger partial charge in [0, 0.05) is 44.5 Å². The molecule has 0 saturated heterocycles. The van der Waals surface area contributed by atoms with Crippen LogP contribution < -0.4 is 15.5 Å². The summed E-state index contributed by atoms with van der Waals surface area (Å²) in [6, 6.07) is 14.5. The number of amides is 2. The Hall–Kier alpha value is -2.91. The molecular formula is C22H28N4O4S. The van der Waals surface area contributed by atoms with E-state index in [1.54, 1.807) is 12.1 Å². The molecule has 31 heavy (non-hydrogen) atoms. The molecule has 2 aromatic carbocycles. The van der Waals surface area contributed by atoms with E-state index in [0.29, 0.717) is 31.6 Å². The van der Waals surface area contributed by atoms with Crippen molar-refractivity contribution < 1.29 is 18.0 Å². The lowest BCUT2D eigenvalue weighted by molar-refractivity contribution is -0.121. The second kappa shape index (κ2) is 9.93. The van der Waals surface area contributed by atoms with Crippen LogP contribution in [0.1, 0.15) is 18.9 Å². The Bertz CT molecular complexity index is 1040. The van der Waals surface area contributed by atoms with E-state index in [1.807, 2.05) is 37.3 Å². The van der Waals surface area contributed by atoms with Gasteiger partial charge >= 0.3 is 0 Å². The number of hydrogen-bond donors (Lipinski definition) is 2. The summed E-state index contributed by atoms with van der Waals surface area (Å²) in [7, 11) is -2.43. The third-order valence-electron chi connectivity index (χ3n) is 5.25. The van der Waals surface area contributed by atoms with Crippen LogP contribution in [-0.2, 0) is 26.0 Å². The quantitative estimate of drug-likeness (QED) is 0.615. The Morgan fingerprint density at radius 2 is 1.87 bits per heavy atom. The Kier molecular flexibility index (Phi) is 7.29. The number of anilines is 2. The summed E-state index contributed by atoms with van der Waals surface area (Å²) in [4.78, 5) is 26.0. The highest BCUT2D eigenvalue weighted by atomic mass is 32.2. The fourth-order valence-corrected chi connectivity index (χ4v) is 4.66. The normalized spacial score (nSPS) is 13.5. The first-order chi connectivity index (χ1) is 14.8. The molecule has 1 aliphatic heterocycles. The molecule has 0 radical (unpaired) electrons. The van der Waals surface area contributed by atoms with Crippen LogP contribution in [0.25, 0.3) is 0 Å². The van der Waals surface area contributed by atoms with Crippen LogP contribution in [0.4, 0.5) is 11.4 Å². The van der Waals surface area contributed by atoms with Gasteiger partial charge in [0.25, 0.3) is 0 Å². The van der Waals surface area contributed by atoms with Gasteiger partial charge in [-0.3, -0.25) is 9.59 Å². The summed E-state index contributed by atoms with van der Waals surface area (Å²) in [6.07, 6.45) is 0.816. The highest BCUT2D eigenvalue weighted by Crippen LogP contribution is 2.26. The molecule has 9 heteroatoms. The molecule has 0 atom stereocenters. The molecule has 0 spiro atoms. The monoisotopic (exact) mass is 444 g/mol. The van der Waals surface area contributed by atoms with Gasteiger partial charge in [-0.1, -0.05) is 18.2 Å². The molecule has 1 heterocycles. The fourth-order valence-electron chi connectivity index (χ4n) is 3.48. The first-order valence-corrected chi connectivity index (χ1v) is 11.7. The molecule has 0 aliphatic carbocycles. The minimum absolute atomic E-state index is 0.0780. The number of carbonyl (C=O) groups excluding carboxylic acids is 2. The number of nitrogens with zero attached hydrogens (tertiary/aromatic N) is 2. The van der Waals surface area contributed by atoms with Crippen molar-refractivity contribution in [2.45, 2.75) is 24.7 Å².